The third kappa shape index (κ3) is 1.76. The molecule has 1 aromatic carbocycles. The summed E-state index contributed by atoms with van der Waals surface area (Å²) in [5, 5.41) is 10.4. The summed E-state index contributed by atoms with van der Waals surface area (Å²) in [5.74, 6) is 2.43. The Balaban J connectivity index is 2.57. The third-order valence-electron chi connectivity index (χ3n) is 2.94. The highest BCUT2D eigenvalue weighted by atomic mass is 32.2. The molecule has 1 N–H and O–H groups in total. The number of benzene rings is 1. The predicted molar refractivity (Wildman–Crippen MR) is 65.3 cm³/mol. The molecule has 0 bridgehead atoms. The second-order valence-electron chi connectivity index (χ2n) is 3.82. The molecule has 1 heterocycles. The van der Waals surface area contributed by atoms with Crippen molar-refractivity contribution in [1.29, 1.82) is 0 Å². The fourth-order valence-corrected chi connectivity index (χ4v) is 3.05. The highest BCUT2D eigenvalue weighted by Crippen LogP contribution is 2.45. The summed E-state index contributed by atoms with van der Waals surface area (Å²) in [4.78, 5) is 0. The van der Waals surface area contributed by atoms with Gasteiger partial charge in [-0.2, -0.15) is 11.8 Å². The first kappa shape index (κ1) is 11.6. The lowest BCUT2D eigenvalue weighted by molar-refractivity contribution is 0.171. The van der Waals surface area contributed by atoms with Crippen molar-refractivity contribution < 1.29 is 14.6 Å². The molecule has 1 aromatic rings. The molecule has 0 spiro atoms. The van der Waals surface area contributed by atoms with Crippen molar-refractivity contribution in [2.24, 2.45) is 0 Å². The van der Waals surface area contributed by atoms with E-state index in [2.05, 4.69) is 0 Å². The fraction of sp³-hybridized carbons (Fsp3) is 0.500. The van der Waals surface area contributed by atoms with Crippen LogP contribution in [0.15, 0.2) is 12.1 Å². The van der Waals surface area contributed by atoms with Gasteiger partial charge in [-0.25, -0.2) is 0 Å². The van der Waals surface area contributed by atoms with E-state index in [0.717, 1.165) is 28.4 Å². The zero-order chi connectivity index (χ0) is 11.7. The van der Waals surface area contributed by atoms with Crippen molar-refractivity contribution in [3.63, 3.8) is 0 Å². The van der Waals surface area contributed by atoms with Crippen molar-refractivity contribution in [2.45, 2.75) is 24.0 Å². The van der Waals surface area contributed by atoms with E-state index in [4.69, 9.17) is 9.47 Å². The second-order valence-corrected chi connectivity index (χ2v) is 5.19. The van der Waals surface area contributed by atoms with Gasteiger partial charge in [0.05, 0.1) is 20.3 Å². The van der Waals surface area contributed by atoms with Crippen LogP contribution >= 0.6 is 11.8 Å². The minimum Gasteiger partial charge on any atom is -0.496 e. The molecule has 3 nitrogen and oxygen atoms in total. The number of thioether (sulfide) groups is 1. The van der Waals surface area contributed by atoms with Gasteiger partial charge in [-0.3, -0.25) is 0 Å². The Hall–Kier alpha value is -0.870. The van der Waals surface area contributed by atoms with Gasteiger partial charge in [-0.1, -0.05) is 6.92 Å². The summed E-state index contributed by atoms with van der Waals surface area (Å²) < 4.78 is 10.6. The lowest BCUT2D eigenvalue weighted by Crippen LogP contribution is -2.19. The average Bonchev–Trinajstić information content (AvgIpc) is 2.32. The van der Waals surface area contributed by atoms with E-state index in [1.54, 1.807) is 26.0 Å². The Bertz CT molecular complexity index is 392. The maximum absolute atomic E-state index is 10.2. The van der Waals surface area contributed by atoms with E-state index in [1.165, 1.54) is 0 Å². The minimum absolute atomic E-state index is 0.188. The van der Waals surface area contributed by atoms with Gasteiger partial charge in [0.2, 0.25) is 0 Å². The van der Waals surface area contributed by atoms with Crippen LogP contribution in [0.1, 0.15) is 24.2 Å². The molecule has 1 aliphatic heterocycles. The van der Waals surface area contributed by atoms with Gasteiger partial charge in [0, 0.05) is 22.1 Å². The van der Waals surface area contributed by atoms with E-state index >= 15 is 0 Å². The first-order valence-electron chi connectivity index (χ1n) is 5.22. The van der Waals surface area contributed by atoms with E-state index in [-0.39, 0.29) is 5.25 Å². The van der Waals surface area contributed by atoms with Gasteiger partial charge < -0.3 is 14.6 Å². The normalized spacial score (nSPS) is 23.8. The van der Waals surface area contributed by atoms with Crippen LogP contribution < -0.4 is 9.47 Å². The number of fused-ring (bicyclic) bond motifs is 1. The van der Waals surface area contributed by atoms with E-state index in [0.29, 0.717) is 0 Å². The molecule has 0 radical (unpaired) electrons. The first-order chi connectivity index (χ1) is 7.69. The maximum atomic E-state index is 10.2. The maximum Gasteiger partial charge on any atom is 0.125 e. The minimum atomic E-state index is -0.487. The topological polar surface area (TPSA) is 38.7 Å². The monoisotopic (exact) mass is 240 g/mol. The Morgan fingerprint density at radius 3 is 2.50 bits per heavy atom. The van der Waals surface area contributed by atoms with Crippen LogP contribution in [0.3, 0.4) is 0 Å². The molecule has 2 unspecified atom stereocenters. The molecular weight excluding hydrogens is 224 g/mol. The van der Waals surface area contributed by atoms with Crippen LogP contribution in [0.5, 0.6) is 11.5 Å². The Morgan fingerprint density at radius 2 is 1.88 bits per heavy atom. The highest BCUT2D eigenvalue weighted by Gasteiger charge is 2.30. The lowest BCUT2D eigenvalue weighted by Gasteiger charge is -2.29. The van der Waals surface area contributed by atoms with Crippen molar-refractivity contribution in [1.82, 2.24) is 0 Å². The van der Waals surface area contributed by atoms with Crippen LogP contribution in [0, 0.1) is 0 Å². The number of hydrogen-bond acceptors (Lipinski definition) is 4. The number of aliphatic hydroxyl groups excluding tert-OH is 1. The largest absolute Gasteiger partial charge is 0.496 e. The molecule has 0 aliphatic carbocycles. The summed E-state index contributed by atoms with van der Waals surface area (Å²) >= 11 is 1.73. The lowest BCUT2D eigenvalue weighted by atomic mass is 9.98. The SMILES string of the molecule is COc1ccc(OC)c2c1CSC(C)C2O. The first-order valence-corrected chi connectivity index (χ1v) is 6.27. The molecule has 88 valence electrons. The van der Waals surface area contributed by atoms with Gasteiger partial charge in [-0.05, 0) is 12.1 Å². The molecule has 2 rings (SSSR count). The average molecular weight is 240 g/mol. The summed E-state index contributed by atoms with van der Waals surface area (Å²) in [6, 6.07) is 3.74. The van der Waals surface area contributed by atoms with Crippen LogP contribution in [-0.4, -0.2) is 24.6 Å². The highest BCUT2D eigenvalue weighted by molar-refractivity contribution is 7.99. The van der Waals surface area contributed by atoms with Gasteiger partial charge in [-0.15, -0.1) is 0 Å². The zero-order valence-electron chi connectivity index (χ0n) is 9.69. The summed E-state index contributed by atoms with van der Waals surface area (Å²) in [6.45, 7) is 2.02. The van der Waals surface area contributed by atoms with Gasteiger partial charge in [0.25, 0.3) is 0 Å². The molecule has 0 saturated heterocycles. The van der Waals surface area contributed by atoms with Crippen LogP contribution in [-0.2, 0) is 5.75 Å². The molecule has 0 saturated carbocycles. The molecule has 2 atom stereocenters. The number of ether oxygens (including phenoxy) is 2. The van der Waals surface area contributed by atoms with Crippen molar-refractivity contribution in [3.8, 4) is 11.5 Å². The Labute approximate surface area is 99.8 Å². The Kier molecular flexibility index (Phi) is 3.30. The third-order valence-corrected chi connectivity index (χ3v) is 4.18. The summed E-state index contributed by atoms with van der Waals surface area (Å²) in [7, 11) is 3.28. The molecule has 0 aromatic heterocycles. The molecule has 0 amide bonds. The summed E-state index contributed by atoms with van der Waals surface area (Å²) in [6.07, 6.45) is -0.487. The number of methoxy groups -OCH3 is 2. The molecule has 1 aliphatic rings. The predicted octanol–water partition coefficient (Wildman–Crippen LogP) is 2.37. The summed E-state index contributed by atoms with van der Waals surface area (Å²) in [5.41, 5.74) is 1.94. The molecular formula is C12H16O3S. The quantitative estimate of drug-likeness (QED) is 0.861. The molecule has 16 heavy (non-hydrogen) atoms. The number of aliphatic hydroxyl groups is 1. The fourth-order valence-electron chi connectivity index (χ4n) is 2.01. The van der Waals surface area contributed by atoms with Crippen molar-refractivity contribution in [3.05, 3.63) is 23.3 Å². The van der Waals surface area contributed by atoms with Crippen LogP contribution in [0.4, 0.5) is 0 Å². The van der Waals surface area contributed by atoms with Gasteiger partial charge in [0.1, 0.15) is 11.5 Å². The van der Waals surface area contributed by atoms with Gasteiger partial charge in [0.15, 0.2) is 0 Å². The molecule has 0 fully saturated rings. The number of rotatable bonds is 2. The number of hydrogen-bond donors (Lipinski definition) is 1. The van der Waals surface area contributed by atoms with Gasteiger partial charge >= 0.3 is 0 Å². The molecule has 4 heteroatoms. The standard InChI is InChI=1S/C12H16O3S/c1-7-12(13)11-8(6-16-7)9(14-2)4-5-10(11)15-3/h4-5,7,12-13H,6H2,1-3H3. The van der Waals surface area contributed by atoms with Crippen molar-refractivity contribution >= 4 is 11.8 Å². The van der Waals surface area contributed by atoms with Crippen molar-refractivity contribution in [2.75, 3.05) is 14.2 Å². The van der Waals surface area contributed by atoms with E-state index in [9.17, 15) is 5.11 Å². The van der Waals surface area contributed by atoms with Crippen LogP contribution in [0.2, 0.25) is 0 Å². The second kappa shape index (κ2) is 4.55. The smallest absolute Gasteiger partial charge is 0.125 e. The zero-order valence-corrected chi connectivity index (χ0v) is 10.5. The Morgan fingerprint density at radius 1 is 1.25 bits per heavy atom. The van der Waals surface area contributed by atoms with E-state index in [1.807, 2.05) is 19.1 Å². The van der Waals surface area contributed by atoms with E-state index < -0.39 is 6.10 Å². The van der Waals surface area contributed by atoms with Crippen LogP contribution in [0.25, 0.3) is 0 Å².